The fourth-order valence-electron chi connectivity index (χ4n) is 1.96. The maximum absolute atomic E-state index is 12.4. The van der Waals surface area contributed by atoms with Crippen molar-refractivity contribution in [2.24, 2.45) is 0 Å². The van der Waals surface area contributed by atoms with E-state index in [1.54, 1.807) is 0 Å². The molecule has 0 radical (unpaired) electrons. The van der Waals surface area contributed by atoms with Crippen molar-refractivity contribution in [1.29, 1.82) is 0 Å². The second kappa shape index (κ2) is 5.12. The van der Waals surface area contributed by atoms with Crippen LogP contribution in [0.1, 0.15) is 6.42 Å². The topological polar surface area (TPSA) is 84.4 Å². The summed E-state index contributed by atoms with van der Waals surface area (Å²) in [6.45, 7) is 0. The number of halogens is 1. The maximum Gasteiger partial charge on any atom is 0.244 e. The minimum absolute atomic E-state index is 0.0360. The van der Waals surface area contributed by atoms with Crippen LogP contribution in [0, 0.1) is 0 Å². The predicted molar refractivity (Wildman–Crippen MR) is 73.9 cm³/mol. The summed E-state index contributed by atoms with van der Waals surface area (Å²) in [6.07, 6.45) is 3.07. The first-order chi connectivity index (χ1) is 8.72. The summed E-state index contributed by atoms with van der Waals surface area (Å²) < 4.78 is 49.2. The SMILES string of the molecule is CN(C1CCS(=O)(=O)C1)S(=O)(=O)c1cncc(Br)c1. The van der Waals surface area contributed by atoms with E-state index in [1.807, 2.05) is 0 Å². The summed E-state index contributed by atoms with van der Waals surface area (Å²) in [6, 6.07) is 0.941. The second-order valence-corrected chi connectivity index (χ2v) is 9.56. The highest BCUT2D eigenvalue weighted by Crippen LogP contribution is 2.24. The van der Waals surface area contributed by atoms with Gasteiger partial charge in [0.2, 0.25) is 10.0 Å². The Labute approximate surface area is 120 Å². The van der Waals surface area contributed by atoms with Crippen LogP contribution in [-0.2, 0) is 19.9 Å². The third-order valence-electron chi connectivity index (χ3n) is 3.08. The Morgan fingerprint density at radius 1 is 1.42 bits per heavy atom. The van der Waals surface area contributed by atoms with E-state index in [9.17, 15) is 16.8 Å². The third-order valence-corrected chi connectivity index (χ3v) is 7.14. The summed E-state index contributed by atoms with van der Waals surface area (Å²) >= 11 is 3.16. The Hall–Kier alpha value is -0.510. The van der Waals surface area contributed by atoms with E-state index < -0.39 is 25.9 Å². The number of sulfonamides is 1. The molecule has 106 valence electrons. The second-order valence-electron chi connectivity index (χ2n) is 4.42. The third kappa shape index (κ3) is 3.15. The van der Waals surface area contributed by atoms with Crippen LogP contribution in [0.2, 0.25) is 0 Å². The van der Waals surface area contributed by atoms with Gasteiger partial charge in [0.1, 0.15) is 4.90 Å². The lowest BCUT2D eigenvalue weighted by Gasteiger charge is -2.22. The van der Waals surface area contributed by atoms with Crippen LogP contribution in [0.25, 0.3) is 0 Å². The summed E-state index contributed by atoms with van der Waals surface area (Å²) in [5.74, 6) is -0.0849. The molecule has 0 spiro atoms. The standard InChI is InChI=1S/C10H13BrN2O4S2/c1-13(9-2-3-18(14,15)7-9)19(16,17)10-4-8(11)5-12-6-10/h4-6,9H,2-3,7H2,1H3. The highest BCUT2D eigenvalue weighted by atomic mass is 79.9. The van der Waals surface area contributed by atoms with Crippen molar-refractivity contribution in [2.75, 3.05) is 18.6 Å². The van der Waals surface area contributed by atoms with Gasteiger partial charge in [-0.15, -0.1) is 0 Å². The van der Waals surface area contributed by atoms with Crippen LogP contribution in [-0.4, -0.2) is 50.7 Å². The van der Waals surface area contributed by atoms with E-state index in [1.165, 1.54) is 25.5 Å². The van der Waals surface area contributed by atoms with E-state index in [-0.39, 0.29) is 16.4 Å². The van der Waals surface area contributed by atoms with Gasteiger partial charge in [0.15, 0.2) is 9.84 Å². The lowest BCUT2D eigenvalue weighted by Crippen LogP contribution is -2.37. The van der Waals surface area contributed by atoms with Gasteiger partial charge < -0.3 is 0 Å². The molecule has 6 nitrogen and oxygen atoms in total. The van der Waals surface area contributed by atoms with E-state index in [4.69, 9.17) is 0 Å². The molecule has 1 aromatic rings. The molecule has 1 aromatic heterocycles. The van der Waals surface area contributed by atoms with Crippen LogP contribution >= 0.6 is 15.9 Å². The van der Waals surface area contributed by atoms with Gasteiger partial charge in [-0.2, -0.15) is 4.31 Å². The molecule has 0 N–H and O–H groups in total. The van der Waals surface area contributed by atoms with Crippen molar-refractivity contribution in [1.82, 2.24) is 9.29 Å². The molecule has 1 aliphatic heterocycles. The number of aromatic nitrogens is 1. The minimum atomic E-state index is -3.72. The highest BCUT2D eigenvalue weighted by Gasteiger charge is 2.36. The summed E-state index contributed by atoms with van der Waals surface area (Å²) in [4.78, 5) is 3.87. The molecule has 0 bridgehead atoms. The first-order valence-corrected chi connectivity index (χ1v) is 9.57. The lowest BCUT2D eigenvalue weighted by molar-refractivity contribution is 0.393. The number of nitrogens with zero attached hydrogens (tertiary/aromatic N) is 2. The van der Waals surface area contributed by atoms with Crippen LogP contribution < -0.4 is 0 Å². The predicted octanol–water partition coefficient (Wildman–Crippen LogP) is 0.652. The first-order valence-electron chi connectivity index (χ1n) is 5.51. The van der Waals surface area contributed by atoms with Crippen molar-refractivity contribution in [2.45, 2.75) is 17.4 Å². The number of sulfone groups is 1. The number of hydrogen-bond donors (Lipinski definition) is 0. The molecule has 1 unspecified atom stereocenters. The molecule has 9 heteroatoms. The lowest BCUT2D eigenvalue weighted by atomic mass is 10.3. The molecule has 1 aliphatic rings. The van der Waals surface area contributed by atoms with E-state index >= 15 is 0 Å². The van der Waals surface area contributed by atoms with Crippen LogP contribution in [0.4, 0.5) is 0 Å². The Kier molecular flexibility index (Phi) is 4.01. The summed E-state index contributed by atoms with van der Waals surface area (Å²) in [7, 11) is -5.44. The highest BCUT2D eigenvalue weighted by molar-refractivity contribution is 9.10. The Balaban J connectivity index is 2.30. The molecule has 0 aliphatic carbocycles. The summed E-state index contributed by atoms with van der Waals surface area (Å²) in [5.41, 5.74) is 0. The fraction of sp³-hybridized carbons (Fsp3) is 0.500. The normalized spacial score (nSPS) is 22.8. The van der Waals surface area contributed by atoms with Crippen LogP contribution in [0.15, 0.2) is 27.8 Å². The van der Waals surface area contributed by atoms with E-state index in [0.29, 0.717) is 10.9 Å². The Morgan fingerprint density at radius 3 is 2.63 bits per heavy atom. The van der Waals surface area contributed by atoms with Crippen molar-refractivity contribution in [3.63, 3.8) is 0 Å². The van der Waals surface area contributed by atoms with Crippen molar-refractivity contribution < 1.29 is 16.8 Å². The monoisotopic (exact) mass is 368 g/mol. The fourth-order valence-corrected chi connectivity index (χ4v) is 5.72. The van der Waals surface area contributed by atoms with Gasteiger partial charge >= 0.3 is 0 Å². The molecule has 0 aromatic carbocycles. The van der Waals surface area contributed by atoms with Crippen molar-refractivity contribution in [3.8, 4) is 0 Å². The zero-order valence-corrected chi connectivity index (χ0v) is 13.4. The zero-order chi connectivity index (χ0) is 14.3. The molecule has 0 amide bonds. The van der Waals surface area contributed by atoms with Gasteiger partial charge in [-0.25, -0.2) is 16.8 Å². The van der Waals surface area contributed by atoms with Crippen molar-refractivity contribution >= 4 is 35.8 Å². The molecule has 1 fully saturated rings. The number of hydrogen-bond acceptors (Lipinski definition) is 5. The zero-order valence-electron chi connectivity index (χ0n) is 10.2. The van der Waals surface area contributed by atoms with Gasteiger partial charge in [-0.05, 0) is 28.4 Å². The summed E-state index contributed by atoms with van der Waals surface area (Å²) in [5, 5.41) is 0. The molecule has 2 rings (SSSR count). The van der Waals surface area contributed by atoms with Gasteiger partial charge in [0.25, 0.3) is 0 Å². The molecule has 0 saturated carbocycles. The van der Waals surface area contributed by atoms with Gasteiger partial charge in [-0.1, -0.05) is 0 Å². The van der Waals surface area contributed by atoms with Crippen LogP contribution in [0.5, 0.6) is 0 Å². The maximum atomic E-state index is 12.4. The first kappa shape index (κ1) is 14.9. The van der Waals surface area contributed by atoms with Gasteiger partial charge in [0, 0.05) is 30.0 Å². The number of pyridine rings is 1. The van der Waals surface area contributed by atoms with E-state index in [0.717, 1.165) is 4.31 Å². The molecular formula is C10H13BrN2O4S2. The minimum Gasteiger partial charge on any atom is -0.262 e. The van der Waals surface area contributed by atoms with Gasteiger partial charge in [0.05, 0.1) is 11.5 Å². The molecule has 19 heavy (non-hydrogen) atoms. The van der Waals surface area contributed by atoms with E-state index in [2.05, 4.69) is 20.9 Å². The number of rotatable bonds is 3. The molecule has 2 heterocycles. The molecule has 1 atom stereocenters. The average Bonchev–Trinajstić information content (AvgIpc) is 2.68. The van der Waals surface area contributed by atoms with Crippen molar-refractivity contribution in [3.05, 3.63) is 22.9 Å². The van der Waals surface area contributed by atoms with Crippen LogP contribution in [0.3, 0.4) is 0 Å². The quantitative estimate of drug-likeness (QED) is 0.781. The van der Waals surface area contributed by atoms with Gasteiger partial charge in [-0.3, -0.25) is 4.98 Å². The molecule has 1 saturated heterocycles. The molecular weight excluding hydrogens is 356 g/mol. The smallest absolute Gasteiger partial charge is 0.244 e. The Bertz CT molecular complexity index is 687. The Morgan fingerprint density at radius 2 is 2.11 bits per heavy atom. The average molecular weight is 369 g/mol. The largest absolute Gasteiger partial charge is 0.262 e.